The highest BCUT2D eigenvalue weighted by atomic mass is 16.7. The van der Waals surface area contributed by atoms with Gasteiger partial charge in [0.25, 0.3) is 0 Å². The molecule has 1 aromatic carbocycles. The Morgan fingerprint density at radius 3 is 2.37 bits per heavy atom. The molecule has 35 heavy (non-hydrogen) atoms. The van der Waals surface area contributed by atoms with Gasteiger partial charge < -0.3 is 34.9 Å². The van der Waals surface area contributed by atoms with Crippen LogP contribution >= 0.6 is 0 Å². The number of rotatable bonds is 8. The Kier molecular flexibility index (Phi) is 8.15. The lowest BCUT2D eigenvalue weighted by Crippen LogP contribution is -2.47. The number of ether oxygens (including phenoxy) is 4. The third-order valence-corrected chi connectivity index (χ3v) is 6.04. The first-order valence-electron chi connectivity index (χ1n) is 12.0. The van der Waals surface area contributed by atoms with E-state index in [1.165, 1.54) is 0 Å². The summed E-state index contributed by atoms with van der Waals surface area (Å²) in [5.74, 6) is -0.146. The maximum Gasteiger partial charge on any atom is 0.413 e. The largest absolute Gasteiger partial charge is 0.476 e. The third kappa shape index (κ3) is 7.00. The van der Waals surface area contributed by atoms with Gasteiger partial charge in [-0.1, -0.05) is 12.1 Å². The molecule has 194 valence electrons. The molecule has 0 aliphatic carbocycles. The summed E-state index contributed by atoms with van der Waals surface area (Å²) in [7, 11) is 0. The van der Waals surface area contributed by atoms with Crippen molar-refractivity contribution in [2.24, 2.45) is 5.73 Å². The van der Waals surface area contributed by atoms with Crippen LogP contribution in [0, 0.1) is 0 Å². The Morgan fingerprint density at radius 1 is 1.06 bits per heavy atom. The number of hydrogen-bond acceptors (Lipinski definition) is 8. The van der Waals surface area contributed by atoms with Crippen LogP contribution in [0.3, 0.4) is 0 Å². The van der Waals surface area contributed by atoms with E-state index in [1.807, 2.05) is 12.1 Å². The van der Waals surface area contributed by atoms with E-state index < -0.39 is 36.2 Å². The fourth-order valence-electron chi connectivity index (χ4n) is 4.50. The number of alkyl carbamates (subject to hydrolysis) is 1. The van der Waals surface area contributed by atoms with Crippen LogP contribution in [0.15, 0.2) is 24.3 Å². The lowest BCUT2D eigenvalue weighted by atomic mass is 9.96. The Morgan fingerprint density at radius 2 is 1.74 bits per heavy atom. The second-order valence-corrected chi connectivity index (χ2v) is 10.4. The Bertz CT molecular complexity index is 911. The minimum Gasteiger partial charge on any atom is -0.476 e. The van der Waals surface area contributed by atoms with Crippen molar-refractivity contribution >= 4 is 18.2 Å². The first-order valence-corrected chi connectivity index (χ1v) is 12.0. The first-order chi connectivity index (χ1) is 16.4. The van der Waals surface area contributed by atoms with E-state index in [0.29, 0.717) is 18.7 Å². The molecule has 3 N–H and O–H groups in total. The number of nitrogens with zero attached hydrogens (tertiary/aromatic N) is 1. The molecule has 2 saturated heterocycles. The fourth-order valence-corrected chi connectivity index (χ4v) is 4.50. The predicted molar refractivity (Wildman–Crippen MR) is 128 cm³/mol. The van der Waals surface area contributed by atoms with Gasteiger partial charge in [0.05, 0.1) is 12.1 Å². The first kappa shape index (κ1) is 26.6. The quantitative estimate of drug-likeness (QED) is 0.419. The zero-order chi connectivity index (χ0) is 25.8. The monoisotopic (exact) mass is 491 g/mol. The van der Waals surface area contributed by atoms with Crippen LogP contribution in [0.1, 0.15) is 59.4 Å². The molecule has 2 heterocycles. The summed E-state index contributed by atoms with van der Waals surface area (Å²) in [6.45, 7) is 8.57. The second-order valence-electron chi connectivity index (χ2n) is 10.4. The maximum absolute atomic E-state index is 12.7. The molecule has 2 aliphatic rings. The molecule has 0 spiro atoms. The van der Waals surface area contributed by atoms with E-state index in [1.54, 1.807) is 51.7 Å². The minimum absolute atomic E-state index is 0.0369. The topological polar surface area (TPSA) is 129 Å². The third-order valence-electron chi connectivity index (χ3n) is 6.04. The summed E-state index contributed by atoms with van der Waals surface area (Å²) in [6, 6.07) is 6.89. The van der Waals surface area contributed by atoms with Crippen LogP contribution < -0.4 is 15.8 Å². The number of carbonyl (C=O) groups is 3. The highest BCUT2D eigenvalue weighted by Crippen LogP contribution is 2.38. The van der Waals surface area contributed by atoms with Gasteiger partial charge in [-0.05, 0) is 84.5 Å². The standard InChI is InChI=1S/C25H37N3O7/c1-24(2,3)35-22(30)27-19-14-17-8-11-20(19)28(17)23(31)33-15-32-21(29)25(4,5)34-18-9-6-16(7-10-18)12-13-26/h6-7,9-10,17,19-20H,8,11-15,26H2,1-5H3,(H,27,30)/t17?,19-,20?/m0/s1. The van der Waals surface area contributed by atoms with Crippen molar-refractivity contribution in [1.29, 1.82) is 0 Å². The van der Waals surface area contributed by atoms with E-state index in [-0.39, 0.29) is 18.1 Å². The zero-order valence-electron chi connectivity index (χ0n) is 21.2. The van der Waals surface area contributed by atoms with Crippen LogP contribution in [0.2, 0.25) is 0 Å². The number of hydrogen-bond donors (Lipinski definition) is 2. The van der Waals surface area contributed by atoms with Gasteiger partial charge in [0.15, 0.2) is 5.60 Å². The fraction of sp³-hybridized carbons (Fsp3) is 0.640. The molecule has 2 bridgehead atoms. The average molecular weight is 492 g/mol. The maximum atomic E-state index is 12.7. The number of fused-ring (bicyclic) bond motifs is 2. The summed E-state index contributed by atoms with van der Waals surface area (Å²) >= 11 is 0. The Hall–Kier alpha value is -3.01. The highest BCUT2D eigenvalue weighted by Gasteiger charge is 2.50. The van der Waals surface area contributed by atoms with Gasteiger partial charge in [-0.2, -0.15) is 0 Å². The van der Waals surface area contributed by atoms with Gasteiger partial charge in [-0.3, -0.25) is 0 Å². The molecule has 2 aliphatic heterocycles. The van der Waals surface area contributed by atoms with Gasteiger partial charge in [-0.15, -0.1) is 0 Å². The number of amides is 2. The van der Waals surface area contributed by atoms with Gasteiger partial charge in [0, 0.05) is 6.04 Å². The molecular formula is C25H37N3O7. The van der Waals surface area contributed by atoms with E-state index in [9.17, 15) is 14.4 Å². The molecule has 2 fully saturated rings. The number of esters is 1. The minimum atomic E-state index is -1.28. The Labute approximate surface area is 206 Å². The molecule has 0 radical (unpaired) electrons. The van der Waals surface area contributed by atoms with Crippen molar-refractivity contribution in [3.63, 3.8) is 0 Å². The molecule has 10 heteroatoms. The lowest BCUT2D eigenvalue weighted by molar-refractivity contribution is -0.168. The molecule has 0 saturated carbocycles. The molecule has 1 aromatic rings. The van der Waals surface area contributed by atoms with E-state index in [0.717, 1.165) is 24.8 Å². The molecule has 10 nitrogen and oxygen atoms in total. The second kappa shape index (κ2) is 10.7. The predicted octanol–water partition coefficient (Wildman–Crippen LogP) is 3.11. The average Bonchev–Trinajstić information content (AvgIpc) is 3.31. The number of carbonyl (C=O) groups excluding carboxylic acids is 3. The highest BCUT2D eigenvalue weighted by molar-refractivity contribution is 5.79. The molecule has 3 atom stereocenters. The van der Waals surface area contributed by atoms with Crippen molar-refractivity contribution < 1.29 is 33.3 Å². The molecule has 2 amide bonds. The van der Waals surface area contributed by atoms with Crippen LogP contribution in [-0.4, -0.2) is 65.7 Å². The summed E-state index contributed by atoms with van der Waals surface area (Å²) in [5.41, 5.74) is 4.75. The van der Waals surface area contributed by atoms with Gasteiger partial charge >= 0.3 is 18.2 Å². The smallest absolute Gasteiger partial charge is 0.413 e. The van der Waals surface area contributed by atoms with Crippen molar-refractivity contribution in [3.8, 4) is 5.75 Å². The van der Waals surface area contributed by atoms with Crippen molar-refractivity contribution in [3.05, 3.63) is 29.8 Å². The number of benzene rings is 1. The van der Waals surface area contributed by atoms with Gasteiger partial charge in [-0.25, -0.2) is 14.4 Å². The lowest BCUT2D eigenvalue weighted by Gasteiger charge is -2.27. The number of nitrogens with two attached hydrogens (primary N) is 1. The molecule has 3 rings (SSSR count). The van der Waals surface area contributed by atoms with Crippen LogP contribution in [0.25, 0.3) is 0 Å². The van der Waals surface area contributed by atoms with E-state index in [2.05, 4.69) is 5.32 Å². The zero-order valence-corrected chi connectivity index (χ0v) is 21.2. The molecule has 2 unspecified atom stereocenters. The SMILES string of the molecule is CC(C)(C)OC(=O)N[C@H]1CC2CCC1N2C(=O)OCOC(=O)C(C)(C)Oc1ccc(CCN)cc1. The number of nitrogens with one attached hydrogen (secondary N) is 1. The van der Waals surface area contributed by atoms with Gasteiger partial charge in [0.1, 0.15) is 11.4 Å². The van der Waals surface area contributed by atoms with E-state index in [4.69, 9.17) is 24.7 Å². The molecule has 0 aromatic heterocycles. The Balaban J connectivity index is 1.46. The van der Waals surface area contributed by atoms with Crippen molar-refractivity contribution in [1.82, 2.24) is 10.2 Å². The van der Waals surface area contributed by atoms with Crippen molar-refractivity contribution in [2.75, 3.05) is 13.3 Å². The summed E-state index contributed by atoms with van der Waals surface area (Å²) in [6.07, 6.45) is 1.89. The van der Waals surface area contributed by atoms with E-state index >= 15 is 0 Å². The van der Waals surface area contributed by atoms with Crippen LogP contribution in [0.5, 0.6) is 5.75 Å². The molecular weight excluding hydrogens is 454 g/mol. The summed E-state index contributed by atoms with van der Waals surface area (Å²) in [5, 5.41) is 2.86. The normalized spacial score (nSPS) is 21.4. The summed E-state index contributed by atoms with van der Waals surface area (Å²) < 4.78 is 21.5. The summed E-state index contributed by atoms with van der Waals surface area (Å²) in [4.78, 5) is 39.0. The van der Waals surface area contributed by atoms with Gasteiger partial charge in [0.2, 0.25) is 6.79 Å². The van der Waals surface area contributed by atoms with Crippen LogP contribution in [-0.2, 0) is 25.4 Å². The van der Waals surface area contributed by atoms with Crippen LogP contribution in [0.4, 0.5) is 9.59 Å². The van der Waals surface area contributed by atoms with Crippen molar-refractivity contribution in [2.45, 2.75) is 89.6 Å².